The van der Waals surface area contributed by atoms with Gasteiger partial charge in [-0.15, -0.1) is 0 Å². The molecule has 7 aromatic carbocycles. The molecule has 0 amide bonds. The Morgan fingerprint density at radius 1 is 0.431 bits per heavy atom. The summed E-state index contributed by atoms with van der Waals surface area (Å²) >= 11 is 0. The van der Waals surface area contributed by atoms with Crippen molar-refractivity contribution < 1.29 is 0 Å². The number of rotatable bonds is 7. The summed E-state index contributed by atoms with van der Waals surface area (Å²) in [6.07, 6.45) is 7.89. The van der Waals surface area contributed by atoms with Crippen molar-refractivity contribution in [2.45, 2.75) is 6.92 Å². The molecule has 9 aromatic rings. The fourth-order valence-electron chi connectivity index (χ4n) is 7.56. The molecule has 0 aliphatic rings. The molecule has 2 nitrogen and oxygen atoms in total. The molecule has 0 aliphatic heterocycles. The average molecular weight is 653 g/mol. The minimum absolute atomic E-state index is 1.15. The maximum absolute atomic E-state index is 3.76. The molecule has 2 heterocycles. The summed E-state index contributed by atoms with van der Waals surface area (Å²) in [4.78, 5) is 0. The highest BCUT2D eigenvalue weighted by molar-refractivity contribution is 6.12. The Morgan fingerprint density at radius 2 is 0.941 bits per heavy atom. The van der Waals surface area contributed by atoms with Crippen LogP contribution in [0.4, 0.5) is 0 Å². The molecule has 0 atom stereocenters. The van der Waals surface area contributed by atoms with Crippen molar-refractivity contribution in [3.05, 3.63) is 200 Å². The number of aromatic nitrogens is 2. The topological polar surface area (TPSA) is 9.86 Å². The first-order valence-electron chi connectivity index (χ1n) is 17.5. The van der Waals surface area contributed by atoms with Gasteiger partial charge in [-0.1, -0.05) is 134 Å². The molecule has 51 heavy (non-hydrogen) atoms. The van der Waals surface area contributed by atoms with Crippen molar-refractivity contribution in [3.8, 4) is 33.6 Å². The zero-order valence-corrected chi connectivity index (χ0v) is 28.5. The normalized spacial score (nSPS) is 12.1. The Bertz CT molecular complexity index is 2810. The fraction of sp³-hybridized carbons (Fsp3) is 0.0204. The summed E-state index contributed by atoms with van der Waals surface area (Å²) in [6.45, 7) is 5.90. The number of hydrogen-bond acceptors (Lipinski definition) is 0. The molecule has 9 rings (SSSR count). The van der Waals surface area contributed by atoms with Crippen LogP contribution >= 0.6 is 0 Å². The standard InChI is InChI=1S/C49H36N2/c1-3-4-6-14-34(2)35-23-25-36(26-24-35)37-15-13-18-41(31-37)51-47-22-12-10-20-43(47)45-33-39(28-30-49(45)51)38-27-29-48-44(32-38)42-19-9-11-21-46(42)50(48)40-16-7-5-8-17-40/h3-33H,1H2,2H3/b6-4-,34-14+. The lowest BCUT2D eigenvalue weighted by molar-refractivity contribution is 1.18. The fourth-order valence-corrected chi connectivity index (χ4v) is 7.56. The van der Waals surface area contributed by atoms with Gasteiger partial charge in [-0.3, -0.25) is 0 Å². The molecule has 0 fully saturated rings. The van der Waals surface area contributed by atoms with Gasteiger partial charge in [-0.2, -0.15) is 0 Å². The second-order valence-corrected chi connectivity index (χ2v) is 13.1. The van der Waals surface area contributed by atoms with Crippen molar-refractivity contribution in [2.24, 2.45) is 0 Å². The van der Waals surface area contributed by atoms with Gasteiger partial charge in [0.2, 0.25) is 0 Å². The van der Waals surface area contributed by atoms with Crippen LogP contribution in [0, 0.1) is 0 Å². The van der Waals surface area contributed by atoms with E-state index in [0.717, 1.165) is 5.69 Å². The van der Waals surface area contributed by atoms with E-state index in [1.165, 1.54) is 82.7 Å². The first-order chi connectivity index (χ1) is 25.2. The molecular formula is C49H36N2. The van der Waals surface area contributed by atoms with Crippen molar-refractivity contribution in [2.75, 3.05) is 0 Å². The molecule has 0 N–H and O–H groups in total. The molecule has 0 spiro atoms. The number of allylic oxidation sites excluding steroid dienone is 5. The third kappa shape index (κ3) is 5.29. The molecule has 242 valence electrons. The highest BCUT2D eigenvalue weighted by Crippen LogP contribution is 2.38. The molecule has 0 saturated heterocycles. The zero-order valence-electron chi connectivity index (χ0n) is 28.5. The van der Waals surface area contributed by atoms with Gasteiger partial charge in [0, 0.05) is 32.9 Å². The van der Waals surface area contributed by atoms with Gasteiger partial charge in [-0.25, -0.2) is 0 Å². The van der Waals surface area contributed by atoms with E-state index in [-0.39, 0.29) is 0 Å². The molecule has 0 unspecified atom stereocenters. The highest BCUT2D eigenvalue weighted by Gasteiger charge is 2.16. The van der Waals surface area contributed by atoms with E-state index in [9.17, 15) is 0 Å². The van der Waals surface area contributed by atoms with Crippen LogP contribution in [-0.2, 0) is 0 Å². The number of fused-ring (bicyclic) bond motifs is 6. The van der Waals surface area contributed by atoms with Crippen molar-refractivity contribution in [3.63, 3.8) is 0 Å². The molecule has 2 heteroatoms. The minimum atomic E-state index is 1.15. The maximum atomic E-state index is 3.76. The van der Waals surface area contributed by atoms with Gasteiger partial charge in [0.05, 0.1) is 22.1 Å². The Labute approximate surface area is 298 Å². The van der Waals surface area contributed by atoms with Gasteiger partial charge >= 0.3 is 0 Å². The molecule has 2 aromatic heterocycles. The molecule has 0 radical (unpaired) electrons. The summed E-state index contributed by atoms with van der Waals surface area (Å²) in [6, 6.07) is 59.7. The van der Waals surface area contributed by atoms with Crippen LogP contribution in [0.2, 0.25) is 0 Å². The van der Waals surface area contributed by atoms with E-state index >= 15 is 0 Å². The zero-order chi connectivity index (χ0) is 34.3. The highest BCUT2D eigenvalue weighted by atomic mass is 15.0. The predicted octanol–water partition coefficient (Wildman–Crippen LogP) is 13.4. The lowest BCUT2D eigenvalue weighted by Gasteiger charge is -2.11. The molecular weight excluding hydrogens is 617 g/mol. The van der Waals surface area contributed by atoms with Gasteiger partial charge in [0.25, 0.3) is 0 Å². The van der Waals surface area contributed by atoms with Crippen LogP contribution in [0.15, 0.2) is 195 Å². The summed E-state index contributed by atoms with van der Waals surface area (Å²) < 4.78 is 4.77. The van der Waals surface area contributed by atoms with Gasteiger partial charge in [-0.05, 0) is 101 Å². The third-order valence-electron chi connectivity index (χ3n) is 10.1. The van der Waals surface area contributed by atoms with E-state index in [0.29, 0.717) is 0 Å². The lowest BCUT2D eigenvalue weighted by atomic mass is 10.00. The summed E-state index contributed by atoms with van der Waals surface area (Å²) in [5.41, 5.74) is 14.4. The van der Waals surface area contributed by atoms with Gasteiger partial charge in [0.1, 0.15) is 0 Å². The van der Waals surface area contributed by atoms with Crippen LogP contribution < -0.4 is 0 Å². The average Bonchev–Trinajstić information content (AvgIpc) is 3.70. The summed E-state index contributed by atoms with van der Waals surface area (Å²) in [5.74, 6) is 0. The largest absolute Gasteiger partial charge is 0.309 e. The van der Waals surface area contributed by atoms with Crippen molar-refractivity contribution in [1.82, 2.24) is 9.13 Å². The van der Waals surface area contributed by atoms with Crippen LogP contribution in [0.3, 0.4) is 0 Å². The van der Waals surface area contributed by atoms with E-state index in [1.54, 1.807) is 6.08 Å². The number of nitrogens with zero attached hydrogens (tertiary/aromatic N) is 2. The maximum Gasteiger partial charge on any atom is 0.0541 e. The molecule has 0 aliphatic carbocycles. The first-order valence-corrected chi connectivity index (χ1v) is 17.5. The first kappa shape index (κ1) is 30.4. The Hall–Kier alpha value is -6.64. The Balaban J connectivity index is 1.14. The quantitative estimate of drug-likeness (QED) is 0.152. The van der Waals surface area contributed by atoms with Crippen LogP contribution in [0.5, 0.6) is 0 Å². The van der Waals surface area contributed by atoms with Crippen LogP contribution in [0.1, 0.15) is 12.5 Å². The van der Waals surface area contributed by atoms with Crippen LogP contribution in [-0.4, -0.2) is 9.13 Å². The Kier molecular flexibility index (Phi) is 7.56. The summed E-state index contributed by atoms with van der Waals surface area (Å²) in [7, 11) is 0. The van der Waals surface area contributed by atoms with Gasteiger partial charge < -0.3 is 9.13 Å². The number of benzene rings is 7. The monoisotopic (exact) mass is 652 g/mol. The summed E-state index contributed by atoms with van der Waals surface area (Å²) in [5, 5.41) is 5.02. The van der Waals surface area contributed by atoms with Crippen LogP contribution in [0.25, 0.3) is 82.8 Å². The minimum Gasteiger partial charge on any atom is -0.309 e. The lowest BCUT2D eigenvalue weighted by Crippen LogP contribution is -1.94. The second-order valence-electron chi connectivity index (χ2n) is 13.1. The van der Waals surface area contributed by atoms with Crippen molar-refractivity contribution in [1.29, 1.82) is 0 Å². The molecule has 0 saturated carbocycles. The molecule has 0 bridgehead atoms. The van der Waals surface area contributed by atoms with Gasteiger partial charge in [0.15, 0.2) is 0 Å². The van der Waals surface area contributed by atoms with E-state index in [4.69, 9.17) is 0 Å². The second kappa shape index (κ2) is 12.7. The van der Waals surface area contributed by atoms with Crippen molar-refractivity contribution >= 4 is 49.2 Å². The smallest absolute Gasteiger partial charge is 0.0541 e. The number of para-hydroxylation sites is 3. The number of hydrogen-bond donors (Lipinski definition) is 0. The third-order valence-corrected chi connectivity index (χ3v) is 10.1. The SMILES string of the molecule is C=C/C=C\C=C(/C)c1ccc(-c2cccc(-n3c4ccccc4c4cc(-c5ccc6c(c5)c5ccccc5n6-c5ccccc5)ccc43)c2)cc1. The Morgan fingerprint density at radius 3 is 1.57 bits per heavy atom. The van der Waals surface area contributed by atoms with E-state index in [1.807, 2.05) is 12.2 Å². The van der Waals surface area contributed by atoms with E-state index < -0.39 is 0 Å². The predicted molar refractivity (Wildman–Crippen MR) is 219 cm³/mol. The van der Waals surface area contributed by atoms with E-state index in [2.05, 4.69) is 193 Å².